The topological polar surface area (TPSA) is 26.3 Å². The molecular weight excluding hydrogens is 212 g/mol. The van der Waals surface area contributed by atoms with E-state index in [0.717, 1.165) is 12.8 Å². The lowest BCUT2D eigenvalue weighted by molar-refractivity contribution is -0.145. The highest BCUT2D eigenvalue weighted by molar-refractivity contribution is 5.69. The lowest BCUT2D eigenvalue weighted by atomic mass is 10.1. The van der Waals surface area contributed by atoms with Gasteiger partial charge in [-0.15, -0.1) is 0 Å². The van der Waals surface area contributed by atoms with Gasteiger partial charge in [0.15, 0.2) is 0 Å². The van der Waals surface area contributed by atoms with Gasteiger partial charge in [-0.3, -0.25) is 4.79 Å². The predicted octanol–water partition coefficient (Wildman–Crippen LogP) is 4.72. The highest BCUT2D eigenvalue weighted by atomic mass is 16.5. The molecule has 0 aliphatic heterocycles. The van der Waals surface area contributed by atoms with E-state index in [2.05, 4.69) is 20.8 Å². The fraction of sp³-hybridized carbons (Fsp3) is 0.933. The van der Waals surface area contributed by atoms with Crippen molar-refractivity contribution >= 4 is 5.97 Å². The minimum atomic E-state index is -0.0149. The van der Waals surface area contributed by atoms with Gasteiger partial charge in [0.2, 0.25) is 0 Å². The van der Waals surface area contributed by atoms with Gasteiger partial charge in [0.05, 0.1) is 6.61 Å². The first-order valence-electron chi connectivity index (χ1n) is 7.36. The molecule has 2 heteroatoms. The SMILES string of the molecule is CCCCCCCCCC(=O)OCC(C)CC. The van der Waals surface area contributed by atoms with Crippen LogP contribution >= 0.6 is 0 Å². The first kappa shape index (κ1) is 16.5. The number of esters is 1. The fourth-order valence-corrected chi connectivity index (χ4v) is 1.65. The van der Waals surface area contributed by atoms with Gasteiger partial charge in [-0.1, -0.05) is 65.7 Å². The van der Waals surface area contributed by atoms with Gasteiger partial charge in [0.25, 0.3) is 0 Å². The molecule has 0 fully saturated rings. The second kappa shape index (κ2) is 11.9. The van der Waals surface area contributed by atoms with Crippen LogP contribution in [0.4, 0.5) is 0 Å². The Kier molecular flexibility index (Phi) is 11.6. The second-order valence-electron chi connectivity index (χ2n) is 5.07. The zero-order valence-electron chi connectivity index (χ0n) is 12.0. The smallest absolute Gasteiger partial charge is 0.305 e. The van der Waals surface area contributed by atoms with Crippen LogP contribution < -0.4 is 0 Å². The van der Waals surface area contributed by atoms with Crippen molar-refractivity contribution in [3.05, 3.63) is 0 Å². The Bertz CT molecular complexity index is 178. The maximum absolute atomic E-state index is 11.4. The van der Waals surface area contributed by atoms with Crippen molar-refractivity contribution in [1.29, 1.82) is 0 Å². The van der Waals surface area contributed by atoms with E-state index >= 15 is 0 Å². The number of rotatable bonds is 11. The lowest BCUT2D eigenvalue weighted by Gasteiger charge is -2.09. The van der Waals surface area contributed by atoms with E-state index in [4.69, 9.17) is 4.74 Å². The predicted molar refractivity (Wildman–Crippen MR) is 73.0 cm³/mol. The third kappa shape index (κ3) is 11.7. The number of carbonyl (C=O) groups excluding carboxylic acids is 1. The van der Waals surface area contributed by atoms with Gasteiger partial charge in [0, 0.05) is 6.42 Å². The van der Waals surface area contributed by atoms with E-state index in [1.165, 1.54) is 38.5 Å². The van der Waals surface area contributed by atoms with E-state index < -0.39 is 0 Å². The Hall–Kier alpha value is -0.530. The molecule has 0 aliphatic carbocycles. The van der Waals surface area contributed by atoms with Crippen molar-refractivity contribution in [3.63, 3.8) is 0 Å². The van der Waals surface area contributed by atoms with Gasteiger partial charge in [0.1, 0.15) is 0 Å². The zero-order valence-corrected chi connectivity index (χ0v) is 12.0. The molecule has 0 radical (unpaired) electrons. The summed E-state index contributed by atoms with van der Waals surface area (Å²) >= 11 is 0. The van der Waals surface area contributed by atoms with Gasteiger partial charge in [-0.05, 0) is 12.3 Å². The summed E-state index contributed by atoms with van der Waals surface area (Å²) < 4.78 is 5.20. The van der Waals surface area contributed by atoms with E-state index in [9.17, 15) is 4.79 Å². The molecule has 0 aromatic rings. The number of hydrogen-bond acceptors (Lipinski definition) is 2. The molecule has 0 saturated heterocycles. The van der Waals surface area contributed by atoms with E-state index in [1.54, 1.807) is 0 Å². The van der Waals surface area contributed by atoms with Crippen molar-refractivity contribution in [2.45, 2.75) is 78.6 Å². The molecule has 0 aromatic carbocycles. The highest BCUT2D eigenvalue weighted by Gasteiger charge is 2.05. The van der Waals surface area contributed by atoms with Gasteiger partial charge < -0.3 is 4.74 Å². The van der Waals surface area contributed by atoms with Crippen molar-refractivity contribution in [3.8, 4) is 0 Å². The zero-order chi connectivity index (χ0) is 12.9. The molecular formula is C15H30O2. The molecule has 2 nitrogen and oxygen atoms in total. The van der Waals surface area contributed by atoms with Crippen molar-refractivity contribution in [2.75, 3.05) is 6.61 Å². The van der Waals surface area contributed by atoms with Gasteiger partial charge in [-0.2, -0.15) is 0 Å². The van der Waals surface area contributed by atoms with Crippen LogP contribution in [0.5, 0.6) is 0 Å². The van der Waals surface area contributed by atoms with Gasteiger partial charge in [-0.25, -0.2) is 0 Å². The molecule has 1 unspecified atom stereocenters. The summed E-state index contributed by atoms with van der Waals surface area (Å²) in [5.41, 5.74) is 0. The second-order valence-corrected chi connectivity index (χ2v) is 5.07. The van der Waals surface area contributed by atoms with E-state index in [0.29, 0.717) is 18.9 Å². The summed E-state index contributed by atoms with van der Waals surface area (Å²) in [5.74, 6) is 0.479. The number of unbranched alkanes of at least 4 members (excludes halogenated alkanes) is 6. The summed E-state index contributed by atoms with van der Waals surface area (Å²) in [5, 5.41) is 0. The van der Waals surface area contributed by atoms with Crippen LogP contribution in [0, 0.1) is 5.92 Å². The van der Waals surface area contributed by atoms with Crippen LogP contribution in [0.3, 0.4) is 0 Å². The Morgan fingerprint density at radius 1 is 1.00 bits per heavy atom. The summed E-state index contributed by atoms with van der Waals surface area (Å²) in [4.78, 5) is 11.4. The largest absolute Gasteiger partial charge is 0.465 e. The summed E-state index contributed by atoms with van der Waals surface area (Å²) in [6.45, 7) is 7.05. The number of carbonyl (C=O) groups is 1. The Morgan fingerprint density at radius 3 is 2.18 bits per heavy atom. The summed E-state index contributed by atoms with van der Waals surface area (Å²) in [6, 6.07) is 0. The van der Waals surface area contributed by atoms with E-state index in [-0.39, 0.29) is 5.97 Å². The van der Waals surface area contributed by atoms with Crippen LogP contribution in [0.2, 0.25) is 0 Å². The minimum absolute atomic E-state index is 0.0149. The number of ether oxygens (including phenoxy) is 1. The molecule has 0 N–H and O–H groups in total. The van der Waals surface area contributed by atoms with Crippen LogP contribution in [0.15, 0.2) is 0 Å². The summed E-state index contributed by atoms with van der Waals surface area (Å²) in [7, 11) is 0. The Labute approximate surface area is 107 Å². The molecule has 0 heterocycles. The maximum Gasteiger partial charge on any atom is 0.305 e. The molecule has 0 amide bonds. The van der Waals surface area contributed by atoms with Gasteiger partial charge >= 0.3 is 5.97 Å². The minimum Gasteiger partial charge on any atom is -0.465 e. The van der Waals surface area contributed by atoms with Crippen molar-refractivity contribution < 1.29 is 9.53 Å². The first-order valence-corrected chi connectivity index (χ1v) is 7.36. The molecule has 0 bridgehead atoms. The third-order valence-corrected chi connectivity index (χ3v) is 3.21. The molecule has 0 rings (SSSR count). The molecule has 0 aliphatic rings. The quantitative estimate of drug-likeness (QED) is 0.387. The van der Waals surface area contributed by atoms with Crippen LogP contribution in [-0.2, 0) is 9.53 Å². The first-order chi connectivity index (χ1) is 8.20. The van der Waals surface area contributed by atoms with Crippen molar-refractivity contribution in [2.24, 2.45) is 5.92 Å². The monoisotopic (exact) mass is 242 g/mol. The summed E-state index contributed by atoms with van der Waals surface area (Å²) in [6.07, 6.45) is 10.4. The Balaban J connectivity index is 3.22. The van der Waals surface area contributed by atoms with Crippen molar-refractivity contribution in [1.82, 2.24) is 0 Å². The molecule has 0 aromatic heterocycles. The van der Waals surface area contributed by atoms with Crippen LogP contribution in [-0.4, -0.2) is 12.6 Å². The van der Waals surface area contributed by atoms with Crippen LogP contribution in [0.1, 0.15) is 78.6 Å². The molecule has 1 atom stereocenters. The normalized spacial score (nSPS) is 12.4. The fourth-order valence-electron chi connectivity index (χ4n) is 1.65. The molecule has 102 valence electrons. The highest BCUT2D eigenvalue weighted by Crippen LogP contribution is 2.09. The average molecular weight is 242 g/mol. The van der Waals surface area contributed by atoms with Crippen LogP contribution in [0.25, 0.3) is 0 Å². The Morgan fingerprint density at radius 2 is 1.59 bits per heavy atom. The standard InChI is InChI=1S/C15H30O2/c1-4-6-7-8-9-10-11-12-15(16)17-13-14(3)5-2/h14H,4-13H2,1-3H3. The average Bonchev–Trinajstić information content (AvgIpc) is 2.34. The lowest BCUT2D eigenvalue weighted by Crippen LogP contribution is -2.11. The molecule has 17 heavy (non-hydrogen) atoms. The molecule has 0 saturated carbocycles. The maximum atomic E-state index is 11.4. The molecule has 0 spiro atoms. The third-order valence-electron chi connectivity index (χ3n) is 3.21. The van der Waals surface area contributed by atoms with E-state index in [1.807, 2.05) is 0 Å². The number of hydrogen-bond donors (Lipinski definition) is 0.